The maximum absolute atomic E-state index is 6.21. The van der Waals surface area contributed by atoms with Gasteiger partial charge in [-0.2, -0.15) is 0 Å². The van der Waals surface area contributed by atoms with Gasteiger partial charge in [0.05, 0.1) is 11.6 Å². The van der Waals surface area contributed by atoms with E-state index >= 15 is 0 Å². The van der Waals surface area contributed by atoms with Crippen LogP contribution in [0.3, 0.4) is 0 Å². The van der Waals surface area contributed by atoms with Crippen molar-refractivity contribution in [2.75, 3.05) is 32.1 Å². The van der Waals surface area contributed by atoms with Crippen LogP contribution in [0.15, 0.2) is 18.2 Å². The fraction of sp³-hybridized carbons (Fsp3) is 0.600. The molecule has 0 aromatic heterocycles. The maximum atomic E-state index is 6.21. The molecule has 1 N–H and O–H groups in total. The number of anilines is 1. The van der Waals surface area contributed by atoms with Crippen molar-refractivity contribution in [2.45, 2.75) is 32.2 Å². The number of benzene rings is 1. The van der Waals surface area contributed by atoms with Crippen molar-refractivity contribution >= 4 is 17.3 Å². The van der Waals surface area contributed by atoms with Crippen molar-refractivity contribution in [1.29, 1.82) is 0 Å². The first-order valence-corrected chi connectivity index (χ1v) is 7.44. The van der Waals surface area contributed by atoms with Gasteiger partial charge in [-0.25, -0.2) is 0 Å². The SMILES string of the molecule is CCOc1ccc(NC2CCCN(C)CC2)cc1Cl. The highest BCUT2D eigenvalue weighted by Gasteiger charge is 2.14. The average molecular weight is 283 g/mol. The van der Waals surface area contributed by atoms with Crippen molar-refractivity contribution in [3.63, 3.8) is 0 Å². The number of hydrogen-bond acceptors (Lipinski definition) is 3. The minimum absolute atomic E-state index is 0.541. The van der Waals surface area contributed by atoms with Gasteiger partial charge < -0.3 is 15.0 Å². The van der Waals surface area contributed by atoms with Crippen LogP contribution in [0.25, 0.3) is 0 Å². The molecule has 1 unspecified atom stereocenters. The molecule has 1 aliphatic rings. The van der Waals surface area contributed by atoms with Gasteiger partial charge in [0.15, 0.2) is 0 Å². The van der Waals surface area contributed by atoms with E-state index in [1.165, 1.54) is 25.8 Å². The molecule has 0 aliphatic carbocycles. The maximum Gasteiger partial charge on any atom is 0.138 e. The zero-order valence-corrected chi connectivity index (χ0v) is 12.5. The lowest BCUT2D eigenvalue weighted by Crippen LogP contribution is -2.22. The Balaban J connectivity index is 1.96. The lowest BCUT2D eigenvalue weighted by atomic mass is 10.1. The van der Waals surface area contributed by atoms with Crippen LogP contribution in [0.2, 0.25) is 5.02 Å². The lowest BCUT2D eigenvalue weighted by Gasteiger charge is -2.18. The molecule has 1 aromatic rings. The van der Waals surface area contributed by atoms with Crippen LogP contribution in [0.1, 0.15) is 26.2 Å². The first kappa shape index (κ1) is 14.5. The molecule has 4 heteroatoms. The van der Waals surface area contributed by atoms with Gasteiger partial charge in [-0.1, -0.05) is 11.6 Å². The Bertz CT molecular complexity index is 411. The third kappa shape index (κ3) is 4.29. The zero-order valence-electron chi connectivity index (χ0n) is 11.8. The van der Waals surface area contributed by atoms with E-state index in [0.717, 1.165) is 18.0 Å². The molecule has 1 aliphatic heterocycles. The number of halogens is 1. The summed E-state index contributed by atoms with van der Waals surface area (Å²) < 4.78 is 5.45. The third-order valence-corrected chi connectivity index (χ3v) is 3.85. The number of nitrogens with zero attached hydrogens (tertiary/aromatic N) is 1. The molecule has 19 heavy (non-hydrogen) atoms. The summed E-state index contributed by atoms with van der Waals surface area (Å²) in [6, 6.07) is 6.49. The van der Waals surface area contributed by atoms with E-state index in [-0.39, 0.29) is 0 Å². The van der Waals surface area contributed by atoms with Gasteiger partial charge in [-0.15, -0.1) is 0 Å². The topological polar surface area (TPSA) is 24.5 Å². The molecule has 1 fully saturated rings. The quantitative estimate of drug-likeness (QED) is 0.913. The molecule has 1 saturated heterocycles. The second-order valence-electron chi connectivity index (χ2n) is 5.15. The fourth-order valence-electron chi connectivity index (χ4n) is 2.48. The van der Waals surface area contributed by atoms with Crippen LogP contribution in [0, 0.1) is 0 Å². The molecular weight excluding hydrogens is 260 g/mol. The highest BCUT2D eigenvalue weighted by molar-refractivity contribution is 6.32. The van der Waals surface area contributed by atoms with E-state index < -0.39 is 0 Å². The molecule has 0 spiro atoms. The Labute approximate surface area is 120 Å². The molecular formula is C15H23ClN2O. The minimum Gasteiger partial charge on any atom is -0.492 e. The molecule has 106 valence electrons. The van der Waals surface area contributed by atoms with Crippen LogP contribution < -0.4 is 10.1 Å². The van der Waals surface area contributed by atoms with E-state index in [1.54, 1.807) is 0 Å². The molecule has 0 bridgehead atoms. The van der Waals surface area contributed by atoms with Crippen LogP contribution in [-0.4, -0.2) is 37.7 Å². The Hall–Kier alpha value is -0.930. The molecule has 1 atom stereocenters. The molecule has 1 aromatic carbocycles. The van der Waals surface area contributed by atoms with Gasteiger partial charge in [-0.3, -0.25) is 0 Å². The molecule has 3 nitrogen and oxygen atoms in total. The standard InChI is InChI=1S/C15H23ClN2O/c1-3-19-15-7-6-13(11-14(15)16)17-12-5-4-9-18(2)10-8-12/h6-7,11-12,17H,3-5,8-10H2,1-2H3. The van der Waals surface area contributed by atoms with E-state index in [4.69, 9.17) is 16.3 Å². The summed E-state index contributed by atoms with van der Waals surface area (Å²) >= 11 is 6.21. The first-order valence-electron chi connectivity index (χ1n) is 7.06. The van der Waals surface area contributed by atoms with Gasteiger partial charge in [0.25, 0.3) is 0 Å². The van der Waals surface area contributed by atoms with Gasteiger partial charge in [0.1, 0.15) is 5.75 Å². The molecule has 1 heterocycles. The van der Waals surface area contributed by atoms with E-state index in [9.17, 15) is 0 Å². The first-order chi connectivity index (χ1) is 9.19. The normalized spacial score (nSPS) is 20.9. The van der Waals surface area contributed by atoms with E-state index in [2.05, 4.69) is 17.3 Å². The van der Waals surface area contributed by atoms with Crippen molar-refractivity contribution in [1.82, 2.24) is 4.90 Å². The Kier molecular flexibility index (Phi) is 5.34. The van der Waals surface area contributed by atoms with E-state index in [0.29, 0.717) is 17.7 Å². The monoisotopic (exact) mass is 282 g/mol. The Morgan fingerprint density at radius 2 is 2.21 bits per heavy atom. The van der Waals surface area contributed by atoms with E-state index in [1.807, 2.05) is 25.1 Å². The molecule has 0 saturated carbocycles. The number of hydrogen-bond donors (Lipinski definition) is 1. The highest BCUT2D eigenvalue weighted by atomic mass is 35.5. The van der Waals surface area contributed by atoms with Crippen molar-refractivity contribution < 1.29 is 4.74 Å². The van der Waals surface area contributed by atoms with Crippen LogP contribution in [0.4, 0.5) is 5.69 Å². The number of ether oxygens (including phenoxy) is 1. The van der Waals surface area contributed by atoms with Gasteiger partial charge >= 0.3 is 0 Å². The van der Waals surface area contributed by atoms with Crippen LogP contribution in [-0.2, 0) is 0 Å². The van der Waals surface area contributed by atoms with Crippen molar-refractivity contribution in [3.8, 4) is 5.75 Å². The summed E-state index contributed by atoms with van der Waals surface area (Å²) in [7, 11) is 2.19. The van der Waals surface area contributed by atoms with Gasteiger partial charge in [-0.05, 0) is 64.5 Å². The summed E-state index contributed by atoms with van der Waals surface area (Å²) in [6.45, 7) is 4.95. The lowest BCUT2D eigenvalue weighted by molar-refractivity contribution is 0.340. The highest BCUT2D eigenvalue weighted by Crippen LogP contribution is 2.28. The van der Waals surface area contributed by atoms with Crippen LogP contribution in [0.5, 0.6) is 5.75 Å². The predicted octanol–water partition coefficient (Wildman–Crippen LogP) is 3.63. The summed E-state index contributed by atoms with van der Waals surface area (Å²) in [5.74, 6) is 0.760. The fourth-order valence-corrected chi connectivity index (χ4v) is 2.72. The Morgan fingerprint density at radius 3 is 2.95 bits per heavy atom. The number of likely N-dealkylation sites (tertiary alicyclic amines) is 1. The number of nitrogens with one attached hydrogen (secondary N) is 1. The predicted molar refractivity (Wildman–Crippen MR) is 81.4 cm³/mol. The second-order valence-corrected chi connectivity index (χ2v) is 5.56. The summed E-state index contributed by atoms with van der Waals surface area (Å²) in [4.78, 5) is 2.40. The summed E-state index contributed by atoms with van der Waals surface area (Å²) in [5, 5.41) is 4.26. The minimum atomic E-state index is 0.541. The molecule has 0 radical (unpaired) electrons. The average Bonchev–Trinajstić information content (AvgIpc) is 2.58. The smallest absolute Gasteiger partial charge is 0.138 e. The molecule has 0 amide bonds. The third-order valence-electron chi connectivity index (χ3n) is 3.55. The zero-order chi connectivity index (χ0) is 13.7. The molecule has 2 rings (SSSR count). The summed E-state index contributed by atoms with van der Waals surface area (Å²) in [6.07, 6.45) is 3.65. The van der Waals surface area contributed by atoms with Crippen molar-refractivity contribution in [3.05, 3.63) is 23.2 Å². The Morgan fingerprint density at radius 1 is 1.37 bits per heavy atom. The van der Waals surface area contributed by atoms with Gasteiger partial charge in [0, 0.05) is 11.7 Å². The second kappa shape index (κ2) is 7.01. The van der Waals surface area contributed by atoms with Crippen LogP contribution >= 0.6 is 11.6 Å². The largest absolute Gasteiger partial charge is 0.492 e. The van der Waals surface area contributed by atoms with Crippen molar-refractivity contribution in [2.24, 2.45) is 0 Å². The number of rotatable bonds is 4. The summed E-state index contributed by atoms with van der Waals surface area (Å²) in [5.41, 5.74) is 1.09. The van der Waals surface area contributed by atoms with Gasteiger partial charge in [0.2, 0.25) is 0 Å².